The highest BCUT2D eigenvalue weighted by Crippen LogP contribution is 2.43. The normalized spacial score (nSPS) is 14.2. The SMILES string of the molecule is CC/C=C\C/C=C\C/C=C\C/C=C\C/C=C\C/C=C\CCCCCCC(=O)OC(/C=C/CCCCCCCCCCCCC)C(COP(=O)(O)OCC[N+](C)(C)C)NC(=O)CCCCCCCCCCCCCCC/C=C\C/C=C\CCCCC. The van der Waals surface area contributed by atoms with Crippen LogP contribution < -0.4 is 5.32 Å². The monoisotopic (exact) mass is 1210 g/mol. The van der Waals surface area contributed by atoms with Crippen molar-refractivity contribution in [1.29, 1.82) is 0 Å². The van der Waals surface area contributed by atoms with E-state index < -0.39 is 20.0 Å². The van der Waals surface area contributed by atoms with E-state index in [1.165, 1.54) is 154 Å². The van der Waals surface area contributed by atoms with Crippen LogP contribution in [0.25, 0.3) is 0 Å². The zero-order valence-electron chi connectivity index (χ0n) is 56.1. The molecule has 0 aromatic carbocycles. The van der Waals surface area contributed by atoms with Crippen molar-refractivity contribution in [3.63, 3.8) is 0 Å². The van der Waals surface area contributed by atoms with Crippen molar-refractivity contribution in [2.75, 3.05) is 40.9 Å². The van der Waals surface area contributed by atoms with Crippen LogP contribution in [-0.2, 0) is 27.9 Å². The third kappa shape index (κ3) is 65.0. The summed E-state index contributed by atoms with van der Waals surface area (Å²) >= 11 is 0. The highest BCUT2D eigenvalue weighted by atomic mass is 31.2. The number of carbonyl (C=O) groups excluding carboxylic acids is 2. The summed E-state index contributed by atoms with van der Waals surface area (Å²) in [4.78, 5) is 37.9. The fraction of sp³-hybridized carbons (Fsp3) is 0.733. The molecule has 2 N–H and O–H groups in total. The van der Waals surface area contributed by atoms with Crippen LogP contribution in [0.1, 0.15) is 303 Å². The van der Waals surface area contributed by atoms with Crippen LogP contribution in [0.4, 0.5) is 0 Å². The van der Waals surface area contributed by atoms with Crippen LogP contribution in [-0.4, -0.2) is 74.3 Å². The van der Waals surface area contributed by atoms with Gasteiger partial charge in [-0.2, -0.15) is 0 Å². The fourth-order valence-electron chi connectivity index (χ4n) is 9.80. The Bertz CT molecular complexity index is 1820. The largest absolute Gasteiger partial charge is 0.472 e. The minimum Gasteiger partial charge on any atom is -0.456 e. The summed E-state index contributed by atoms with van der Waals surface area (Å²) in [6.45, 7) is 6.88. The van der Waals surface area contributed by atoms with Gasteiger partial charge in [0.1, 0.15) is 19.3 Å². The Hall–Kier alpha value is -3.33. The topological polar surface area (TPSA) is 111 Å². The molecule has 0 aliphatic rings. The molecule has 0 aliphatic heterocycles. The van der Waals surface area contributed by atoms with E-state index in [2.05, 4.69) is 123 Å². The molecule has 0 fully saturated rings. The molecule has 0 aliphatic carbocycles. The van der Waals surface area contributed by atoms with Crippen LogP contribution in [0, 0.1) is 0 Å². The smallest absolute Gasteiger partial charge is 0.456 e. The molecule has 85 heavy (non-hydrogen) atoms. The lowest BCUT2D eigenvalue weighted by molar-refractivity contribution is -0.870. The minimum absolute atomic E-state index is 0.0312. The number of rotatable bonds is 63. The minimum atomic E-state index is -4.47. The Morgan fingerprint density at radius 1 is 0.424 bits per heavy atom. The van der Waals surface area contributed by atoms with Gasteiger partial charge in [-0.25, -0.2) is 4.57 Å². The first-order valence-electron chi connectivity index (χ1n) is 35.2. The molecule has 1 amide bonds. The number of amides is 1. The van der Waals surface area contributed by atoms with Crippen LogP contribution >= 0.6 is 7.82 Å². The highest BCUT2D eigenvalue weighted by Gasteiger charge is 2.30. The fourth-order valence-corrected chi connectivity index (χ4v) is 10.5. The molecule has 0 rings (SSSR count). The van der Waals surface area contributed by atoms with Crippen molar-refractivity contribution < 1.29 is 37.3 Å². The third-order valence-electron chi connectivity index (χ3n) is 15.2. The highest BCUT2D eigenvalue weighted by molar-refractivity contribution is 7.47. The van der Waals surface area contributed by atoms with E-state index in [0.29, 0.717) is 23.9 Å². The second-order valence-electron chi connectivity index (χ2n) is 24.7. The zero-order chi connectivity index (χ0) is 62.1. The predicted molar refractivity (Wildman–Crippen MR) is 369 cm³/mol. The Morgan fingerprint density at radius 2 is 0.753 bits per heavy atom. The van der Waals surface area contributed by atoms with Gasteiger partial charge in [0.05, 0.1) is 33.8 Å². The number of hydrogen-bond donors (Lipinski definition) is 2. The van der Waals surface area contributed by atoms with Gasteiger partial charge in [0.15, 0.2) is 0 Å². The van der Waals surface area contributed by atoms with Gasteiger partial charge < -0.3 is 19.4 Å². The number of phosphoric ester groups is 1. The molecule has 0 saturated carbocycles. The Labute approximate surface area is 525 Å². The summed E-state index contributed by atoms with van der Waals surface area (Å²) < 4.78 is 30.8. The van der Waals surface area contributed by atoms with E-state index in [0.717, 1.165) is 109 Å². The number of nitrogens with zero attached hydrogens (tertiary/aromatic N) is 1. The average molecular weight is 1210 g/mol. The lowest BCUT2D eigenvalue weighted by Crippen LogP contribution is -2.47. The number of allylic oxidation sites excluding steroid dienone is 17. The van der Waals surface area contributed by atoms with Gasteiger partial charge in [-0.05, 0) is 115 Å². The molecule has 3 atom stereocenters. The predicted octanol–water partition coefficient (Wildman–Crippen LogP) is 22.5. The first-order valence-corrected chi connectivity index (χ1v) is 36.7. The first-order chi connectivity index (χ1) is 41.4. The van der Waals surface area contributed by atoms with E-state index in [4.69, 9.17) is 13.8 Å². The van der Waals surface area contributed by atoms with Crippen molar-refractivity contribution in [3.05, 3.63) is 109 Å². The van der Waals surface area contributed by atoms with Crippen molar-refractivity contribution in [2.24, 2.45) is 0 Å². The number of nitrogens with one attached hydrogen (secondary N) is 1. The van der Waals surface area contributed by atoms with Gasteiger partial charge in [-0.3, -0.25) is 18.6 Å². The molecule has 10 heteroatoms. The molecule has 9 nitrogen and oxygen atoms in total. The molecule has 0 bridgehead atoms. The van der Waals surface area contributed by atoms with E-state index in [9.17, 15) is 19.0 Å². The van der Waals surface area contributed by atoms with Crippen molar-refractivity contribution in [3.8, 4) is 0 Å². The summed E-state index contributed by atoms with van der Waals surface area (Å²) in [6, 6.07) is -0.867. The Kier molecular flexibility index (Phi) is 61.2. The number of hydrogen-bond acceptors (Lipinski definition) is 6. The summed E-state index contributed by atoms with van der Waals surface area (Å²) in [6.07, 6.45) is 88.1. The molecule has 0 radical (unpaired) electrons. The number of esters is 1. The van der Waals surface area contributed by atoms with Gasteiger partial charge in [-0.15, -0.1) is 0 Å². The van der Waals surface area contributed by atoms with Crippen LogP contribution in [0.3, 0.4) is 0 Å². The quantitative estimate of drug-likeness (QED) is 0.0205. The number of quaternary nitrogens is 1. The van der Waals surface area contributed by atoms with Gasteiger partial charge >= 0.3 is 13.8 Å². The molecule has 0 heterocycles. The maximum atomic E-state index is 13.6. The number of ether oxygens (including phenoxy) is 1. The van der Waals surface area contributed by atoms with Gasteiger partial charge in [0, 0.05) is 12.8 Å². The Morgan fingerprint density at radius 3 is 1.15 bits per heavy atom. The molecular formula is C75H134N2O7P+. The number of carbonyl (C=O) groups is 2. The van der Waals surface area contributed by atoms with Crippen LogP contribution in [0.5, 0.6) is 0 Å². The van der Waals surface area contributed by atoms with Gasteiger partial charge in [0.2, 0.25) is 5.91 Å². The molecule has 0 aromatic rings. The maximum Gasteiger partial charge on any atom is 0.472 e. The zero-order valence-corrected chi connectivity index (χ0v) is 57.0. The van der Waals surface area contributed by atoms with Crippen LogP contribution in [0.2, 0.25) is 0 Å². The lowest BCUT2D eigenvalue weighted by Gasteiger charge is -2.27. The van der Waals surface area contributed by atoms with Crippen LogP contribution in [0.15, 0.2) is 109 Å². The molecule has 0 saturated heterocycles. The summed E-state index contributed by atoms with van der Waals surface area (Å²) in [5.41, 5.74) is 0. The Balaban J connectivity index is 5.19. The van der Waals surface area contributed by atoms with E-state index >= 15 is 0 Å². The number of likely N-dealkylation sites (N-methyl/N-ethyl adjacent to an activating group) is 1. The van der Waals surface area contributed by atoms with E-state index in [-0.39, 0.29) is 31.5 Å². The maximum absolute atomic E-state index is 13.6. The van der Waals surface area contributed by atoms with Crippen molar-refractivity contribution in [1.82, 2.24) is 5.32 Å². The van der Waals surface area contributed by atoms with E-state index in [1.54, 1.807) is 0 Å². The standard InChI is InChI=1S/C75H133N2O7P/c1-7-10-13-16-19-22-25-28-30-32-34-36-38-40-42-44-46-49-52-55-58-61-64-67-74(78)76-72(71-83-85(80,81)82-70-69-77(4,5)6)73(66-63-60-57-54-51-48-27-24-21-18-15-12-9-3)84-75(79)68-65-62-59-56-53-50-47-45-43-41-39-37-35-33-31-29-26-23-20-17-14-11-8-2/h11,14,19-20,22-23,28-31,35,37,41,43,47,50,63,66,72-73H,7-10,12-13,15-18,21,24-27,32-34,36,38-40,42,44-46,48-49,51-62,64-65,67-71H2,1-6H3,(H-,76,78,80,81)/p+1/b14-11-,22-19-,23-20-,30-28-,31-29-,37-35-,43-41-,50-47-,66-63+. The second-order valence-corrected chi connectivity index (χ2v) is 26.1. The summed E-state index contributed by atoms with van der Waals surface area (Å²) in [7, 11) is 1.47. The lowest BCUT2D eigenvalue weighted by atomic mass is 10.0. The molecule has 3 unspecified atom stereocenters. The average Bonchev–Trinajstić information content (AvgIpc) is 3.52. The molecule has 0 spiro atoms. The number of unbranched alkanes of at least 4 members (excludes halogenated alkanes) is 31. The van der Waals surface area contributed by atoms with Gasteiger partial charge in [-0.1, -0.05) is 285 Å². The number of phosphoric acid groups is 1. The van der Waals surface area contributed by atoms with Gasteiger partial charge in [0.25, 0.3) is 0 Å². The van der Waals surface area contributed by atoms with E-state index in [1.807, 2.05) is 33.3 Å². The first kappa shape index (κ1) is 81.7. The van der Waals surface area contributed by atoms with Crippen molar-refractivity contribution >= 4 is 19.7 Å². The third-order valence-corrected chi connectivity index (χ3v) is 16.2. The van der Waals surface area contributed by atoms with Crippen molar-refractivity contribution in [2.45, 2.75) is 315 Å². The molecule has 490 valence electrons. The molecular weight excluding hydrogens is 1070 g/mol. The molecule has 0 aromatic heterocycles. The summed E-state index contributed by atoms with van der Waals surface area (Å²) in [5, 5.41) is 3.06. The summed E-state index contributed by atoms with van der Waals surface area (Å²) in [5.74, 6) is -0.533. The second kappa shape index (κ2) is 63.7.